The minimum Gasteiger partial charge on any atom is -0.462 e. The third-order valence-corrected chi connectivity index (χ3v) is 11.3. The van der Waals surface area contributed by atoms with Crippen LogP contribution in [0.2, 0.25) is 0 Å². The fourth-order valence-corrected chi connectivity index (χ4v) is 7.43. The van der Waals surface area contributed by atoms with E-state index in [1.807, 2.05) is 6.92 Å². The van der Waals surface area contributed by atoms with Gasteiger partial charge < -0.3 is 64.2 Å². The number of esters is 2. The van der Waals surface area contributed by atoms with Gasteiger partial charge in [0.2, 0.25) is 0 Å². The quantitative estimate of drug-likeness (QED) is 0.0333. The molecule has 11 atom stereocenters. The summed E-state index contributed by atoms with van der Waals surface area (Å²) in [4.78, 5) is 25.0. The summed E-state index contributed by atoms with van der Waals surface area (Å²) < 4.78 is 33.1. The highest BCUT2D eigenvalue weighted by Crippen LogP contribution is 2.26. The van der Waals surface area contributed by atoms with Gasteiger partial charge in [0.05, 0.1) is 19.8 Å². The van der Waals surface area contributed by atoms with Crippen LogP contribution in [0, 0.1) is 0 Å². The van der Waals surface area contributed by atoms with Crippen molar-refractivity contribution in [3.63, 3.8) is 0 Å². The van der Waals surface area contributed by atoms with E-state index in [1.165, 1.54) is 109 Å². The molecule has 2 fully saturated rings. The number of aliphatic hydroxyl groups excluding tert-OH is 7. The molecule has 0 amide bonds. The molecule has 7 N–H and O–H groups in total. The molecule has 2 rings (SSSR count). The summed E-state index contributed by atoms with van der Waals surface area (Å²) in [5, 5.41) is 71.5. The third-order valence-electron chi connectivity index (χ3n) is 11.3. The van der Waals surface area contributed by atoms with Gasteiger partial charge in [-0.2, -0.15) is 0 Å². The molecule has 59 heavy (non-hydrogen) atoms. The minimum atomic E-state index is -1.76. The number of carbonyl (C=O) groups excluding carboxylic acids is 2. The van der Waals surface area contributed by atoms with E-state index in [-0.39, 0.29) is 26.1 Å². The molecule has 2 heterocycles. The molecule has 0 radical (unpaired) electrons. The van der Waals surface area contributed by atoms with E-state index in [1.54, 1.807) is 0 Å². The lowest BCUT2D eigenvalue weighted by Gasteiger charge is -2.42. The number of hydrogen-bond acceptors (Lipinski definition) is 15. The average molecular weight is 851 g/mol. The Bertz CT molecular complexity index is 1050. The van der Waals surface area contributed by atoms with Crippen LogP contribution < -0.4 is 0 Å². The zero-order valence-corrected chi connectivity index (χ0v) is 36.3. The van der Waals surface area contributed by atoms with E-state index in [0.29, 0.717) is 12.8 Å². The van der Waals surface area contributed by atoms with E-state index < -0.39 is 92.7 Å². The van der Waals surface area contributed by atoms with E-state index in [4.69, 9.17) is 28.4 Å². The topological polar surface area (TPSA) is 231 Å². The lowest BCUT2D eigenvalue weighted by molar-refractivity contribution is -0.332. The largest absolute Gasteiger partial charge is 0.462 e. The molecule has 15 heteroatoms. The van der Waals surface area contributed by atoms with Crippen molar-refractivity contribution in [1.82, 2.24) is 0 Å². The average Bonchev–Trinajstić information content (AvgIpc) is 3.23. The summed E-state index contributed by atoms with van der Waals surface area (Å²) >= 11 is 0. The molecule has 0 aliphatic carbocycles. The molecular formula is C44H82O15. The smallest absolute Gasteiger partial charge is 0.306 e. The van der Waals surface area contributed by atoms with Crippen molar-refractivity contribution in [3.8, 4) is 0 Å². The van der Waals surface area contributed by atoms with Crippen LogP contribution >= 0.6 is 0 Å². The van der Waals surface area contributed by atoms with Crippen LogP contribution in [0.1, 0.15) is 174 Å². The highest BCUT2D eigenvalue weighted by atomic mass is 16.7. The zero-order chi connectivity index (χ0) is 43.3. The van der Waals surface area contributed by atoms with Crippen LogP contribution in [-0.2, 0) is 38.0 Å². The number of aliphatic hydroxyl groups is 7. The maximum absolute atomic E-state index is 12.8. The molecule has 2 aliphatic heterocycles. The van der Waals surface area contributed by atoms with Gasteiger partial charge in [-0.05, 0) is 12.8 Å². The first kappa shape index (κ1) is 53.6. The molecule has 11 unspecified atom stereocenters. The predicted octanol–water partition coefficient (Wildman–Crippen LogP) is 4.87. The molecular weight excluding hydrogens is 768 g/mol. The highest BCUT2D eigenvalue weighted by molar-refractivity contribution is 5.70. The number of unbranched alkanes of at least 4 members (excludes halogenated alkanes) is 21. The van der Waals surface area contributed by atoms with Crippen molar-refractivity contribution < 1.29 is 73.8 Å². The fraction of sp³-hybridized carbons (Fsp3) is 0.955. The SMILES string of the molecule is CCCCCCCCCCCCCCCCCCCCCCCC(=O)OC(COC(=O)CCCC)COC1OC(COC2OC(CO)C(O)C(O)C2O)C(O)C(O)C1O. The molecule has 2 aliphatic rings. The summed E-state index contributed by atoms with van der Waals surface area (Å²) in [6.45, 7) is 2.33. The Kier molecular flexibility index (Phi) is 30.1. The number of hydrogen-bond donors (Lipinski definition) is 7. The van der Waals surface area contributed by atoms with Gasteiger partial charge in [-0.15, -0.1) is 0 Å². The summed E-state index contributed by atoms with van der Waals surface area (Å²) in [6.07, 6.45) is 11.6. The van der Waals surface area contributed by atoms with Crippen LogP contribution in [0.3, 0.4) is 0 Å². The molecule has 0 spiro atoms. The summed E-state index contributed by atoms with van der Waals surface area (Å²) in [5.74, 6) is -0.956. The van der Waals surface area contributed by atoms with Gasteiger partial charge in [0, 0.05) is 12.8 Å². The highest BCUT2D eigenvalue weighted by Gasteiger charge is 2.47. The fourth-order valence-electron chi connectivity index (χ4n) is 7.43. The van der Waals surface area contributed by atoms with Crippen molar-refractivity contribution in [1.29, 1.82) is 0 Å². The van der Waals surface area contributed by atoms with E-state index in [0.717, 1.165) is 25.7 Å². The molecule has 15 nitrogen and oxygen atoms in total. The van der Waals surface area contributed by atoms with Crippen LogP contribution in [0.4, 0.5) is 0 Å². The van der Waals surface area contributed by atoms with Crippen LogP contribution in [0.15, 0.2) is 0 Å². The molecule has 0 aromatic heterocycles. The molecule has 0 aromatic carbocycles. The van der Waals surface area contributed by atoms with Crippen LogP contribution in [-0.4, -0.2) is 142 Å². The molecule has 348 valence electrons. The maximum Gasteiger partial charge on any atom is 0.306 e. The minimum absolute atomic E-state index is 0.171. The lowest BCUT2D eigenvalue weighted by Crippen LogP contribution is -2.61. The number of rotatable bonds is 35. The Hall–Kier alpha value is -1.50. The van der Waals surface area contributed by atoms with Crippen molar-refractivity contribution >= 4 is 11.9 Å². The molecule has 0 saturated carbocycles. The Morgan fingerprint density at radius 1 is 0.475 bits per heavy atom. The first-order valence-corrected chi connectivity index (χ1v) is 23.1. The Labute approximate surface area is 353 Å². The van der Waals surface area contributed by atoms with E-state index >= 15 is 0 Å². The number of carbonyl (C=O) groups is 2. The standard InChI is InChI=1S/C44H82O15/c1-3-5-7-8-9-10-11-12-13-14-15-16-17-18-19-20-21-22-23-24-25-27-36(47)57-32(29-54-35(46)26-6-4-2)30-55-43-42(53)40(51)38(49)34(59-43)31-56-44-41(52)39(50)37(48)33(28-45)58-44/h32-34,37-45,48-53H,3-31H2,1-2H3. The summed E-state index contributed by atoms with van der Waals surface area (Å²) in [5.41, 5.74) is 0. The number of ether oxygens (including phenoxy) is 6. The lowest BCUT2D eigenvalue weighted by atomic mass is 9.98. The van der Waals surface area contributed by atoms with Crippen LogP contribution in [0.25, 0.3) is 0 Å². The monoisotopic (exact) mass is 851 g/mol. The Balaban J connectivity index is 1.67. The van der Waals surface area contributed by atoms with Gasteiger partial charge in [-0.3, -0.25) is 9.59 Å². The third kappa shape index (κ3) is 22.4. The normalized spacial score (nSPS) is 27.7. The van der Waals surface area contributed by atoms with Gasteiger partial charge in [-0.25, -0.2) is 0 Å². The Morgan fingerprint density at radius 3 is 1.36 bits per heavy atom. The van der Waals surface area contributed by atoms with Gasteiger partial charge in [0.1, 0.15) is 55.4 Å². The second-order valence-corrected chi connectivity index (χ2v) is 16.6. The van der Waals surface area contributed by atoms with Gasteiger partial charge in [-0.1, -0.05) is 149 Å². The van der Waals surface area contributed by atoms with Gasteiger partial charge in [0.25, 0.3) is 0 Å². The molecule has 2 saturated heterocycles. The van der Waals surface area contributed by atoms with Crippen molar-refractivity contribution in [3.05, 3.63) is 0 Å². The van der Waals surface area contributed by atoms with Crippen LogP contribution in [0.5, 0.6) is 0 Å². The summed E-state index contributed by atoms with van der Waals surface area (Å²) in [7, 11) is 0. The van der Waals surface area contributed by atoms with Gasteiger partial charge >= 0.3 is 11.9 Å². The Morgan fingerprint density at radius 2 is 0.881 bits per heavy atom. The van der Waals surface area contributed by atoms with E-state index in [2.05, 4.69) is 6.92 Å². The maximum atomic E-state index is 12.8. The summed E-state index contributed by atoms with van der Waals surface area (Å²) in [6, 6.07) is 0. The molecule has 0 bridgehead atoms. The van der Waals surface area contributed by atoms with Gasteiger partial charge in [0.15, 0.2) is 18.7 Å². The van der Waals surface area contributed by atoms with Crippen molar-refractivity contribution in [2.45, 2.75) is 242 Å². The second-order valence-electron chi connectivity index (χ2n) is 16.6. The predicted molar refractivity (Wildman–Crippen MR) is 220 cm³/mol. The van der Waals surface area contributed by atoms with Crippen molar-refractivity contribution in [2.75, 3.05) is 26.4 Å². The molecule has 0 aromatic rings. The van der Waals surface area contributed by atoms with Crippen molar-refractivity contribution in [2.24, 2.45) is 0 Å². The van der Waals surface area contributed by atoms with E-state index in [9.17, 15) is 45.3 Å². The first-order chi connectivity index (χ1) is 28.5. The first-order valence-electron chi connectivity index (χ1n) is 23.1. The second kappa shape index (κ2) is 33.1. The zero-order valence-electron chi connectivity index (χ0n) is 36.3.